The van der Waals surface area contributed by atoms with Crippen molar-refractivity contribution in [1.29, 1.82) is 0 Å². The van der Waals surface area contributed by atoms with Gasteiger partial charge in [0.2, 0.25) is 26.6 Å². The number of benzene rings is 2. The van der Waals surface area contributed by atoms with Crippen LogP contribution in [-0.2, 0) is 9.84 Å². The quantitative estimate of drug-likeness (QED) is 0.638. The second-order valence-electron chi connectivity index (χ2n) is 7.48. The first-order valence-electron chi connectivity index (χ1n) is 9.58. The second kappa shape index (κ2) is 7.43. The summed E-state index contributed by atoms with van der Waals surface area (Å²) in [6.07, 6.45) is 2.01. The lowest BCUT2D eigenvalue weighted by Gasteiger charge is -2.30. The molecule has 0 radical (unpaired) electrons. The van der Waals surface area contributed by atoms with E-state index in [1.54, 1.807) is 30.3 Å². The lowest BCUT2D eigenvalue weighted by molar-refractivity contribution is 0.415. The molecule has 0 amide bonds. The molecule has 6 heteroatoms. The van der Waals surface area contributed by atoms with E-state index in [1.807, 2.05) is 36.1 Å². The topological polar surface area (TPSA) is 63.4 Å². The first-order valence-corrected chi connectivity index (χ1v) is 11.1. The minimum absolute atomic E-state index is 0.00441. The van der Waals surface area contributed by atoms with Gasteiger partial charge in [0.1, 0.15) is 0 Å². The van der Waals surface area contributed by atoms with Crippen LogP contribution in [0.25, 0.3) is 11.5 Å². The molecule has 146 valence electrons. The Labute approximate surface area is 165 Å². The van der Waals surface area contributed by atoms with Gasteiger partial charge in [-0.1, -0.05) is 42.8 Å². The van der Waals surface area contributed by atoms with Crippen LogP contribution in [0.1, 0.15) is 25.3 Å². The number of aromatic nitrogens is 1. The van der Waals surface area contributed by atoms with Gasteiger partial charge in [-0.2, -0.15) is 4.98 Å². The fourth-order valence-corrected chi connectivity index (χ4v) is 4.84. The highest BCUT2D eigenvalue weighted by atomic mass is 32.2. The Morgan fingerprint density at radius 3 is 2.43 bits per heavy atom. The summed E-state index contributed by atoms with van der Waals surface area (Å²) in [4.78, 5) is 6.71. The second-order valence-corrected chi connectivity index (χ2v) is 9.35. The summed E-state index contributed by atoms with van der Waals surface area (Å²) in [5, 5.41) is 0.00441. The third-order valence-corrected chi connectivity index (χ3v) is 6.89. The van der Waals surface area contributed by atoms with E-state index in [1.165, 1.54) is 0 Å². The monoisotopic (exact) mass is 396 g/mol. The van der Waals surface area contributed by atoms with Gasteiger partial charge in [0.05, 0.1) is 4.90 Å². The van der Waals surface area contributed by atoms with E-state index in [9.17, 15) is 8.42 Å². The first-order chi connectivity index (χ1) is 13.4. The zero-order valence-electron chi connectivity index (χ0n) is 16.1. The summed E-state index contributed by atoms with van der Waals surface area (Å²) in [6.45, 7) is 5.74. The highest BCUT2D eigenvalue weighted by Crippen LogP contribution is 2.36. The van der Waals surface area contributed by atoms with Crippen LogP contribution in [0.4, 0.5) is 5.88 Å². The Morgan fingerprint density at radius 1 is 1.04 bits per heavy atom. The zero-order valence-corrected chi connectivity index (χ0v) is 16.9. The summed E-state index contributed by atoms with van der Waals surface area (Å²) >= 11 is 0. The molecule has 2 heterocycles. The highest BCUT2D eigenvalue weighted by Gasteiger charge is 2.32. The molecule has 1 saturated heterocycles. The van der Waals surface area contributed by atoms with Gasteiger partial charge in [0.25, 0.3) is 0 Å². The first kappa shape index (κ1) is 18.7. The molecular formula is C22H24N2O3S. The summed E-state index contributed by atoms with van der Waals surface area (Å²) in [5.41, 5.74) is 1.85. The number of aryl methyl sites for hydroxylation is 1. The molecule has 1 aliphatic heterocycles. The van der Waals surface area contributed by atoms with Crippen LogP contribution >= 0.6 is 0 Å². The predicted molar refractivity (Wildman–Crippen MR) is 109 cm³/mol. The lowest BCUT2D eigenvalue weighted by Crippen LogP contribution is -2.33. The number of oxazole rings is 1. The van der Waals surface area contributed by atoms with E-state index in [0.717, 1.165) is 37.1 Å². The SMILES string of the molecule is Cc1cccc(-c2nc(S(=O)(=O)c3ccccc3)c(N3CCC(C)CC3)o2)c1. The molecule has 28 heavy (non-hydrogen) atoms. The molecule has 0 bridgehead atoms. The van der Waals surface area contributed by atoms with Crippen molar-refractivity contribution in [3.05, 3.63) is 60.2 Å². The average Bonchev–Trinajstić information content (AvgIpc) is 3.16. The van der Waals surface area contributed by atoms with Gasteiger partial charge in [-0.3, -0.25) is 0 Å². The fraction of sp³-hybridized carbons (Fsp3) is 0.318. The Hall–Kier alpha value is -2.60. The predicted octanol–water partition coefficient (Wildman–Crippen LogP) is 4.72. The molecule has 4 rings (SSSR count). The van der Waals surface area contributed by atoms with Crippen molar-refractivity contribution in [3.63, 3.8) is 0 Å². The minimum Gasteiger partial charge on any atom is -0.419 e. The molecule has 1 aromatic heterocycles. The molecule has 5 nitrogen and oxygen atoms in total. The van der Waals surface area contributed by atoms with E-state index < -0.39 is 9.84 Å². The van der Waals surface area contributed by atoms with Crippen LogP contribution < -0.4 is 4.90 Å². The number of rotatable bonds is 4. The average molecular weight is 397 g/mol. The smallest absolute Gasteiger partial charge is 0.236 e. The van der Waals surface area contributed by atoms with E-state index >= 15 is 0 Å². The summed E-state index contributed by atoms with van der Waals surface area (Å²) in [6, 6.07) is 16.2. The maximum absolute atomic E-state index is 13.3. The van der Waals surface area contributed by atoms with E-state index in [0.29, 0.717) is 17.7 Å². The van der Waals surface area contributed by atoms with Gasteiger partial charge in [-0.25, -0.2) is 8.42 Å². The number of piperidine rings is 1. The van der Waals surface area contributed by atoms with Crippen LogP contribution in [0.5, 0.6) is 0 Å². The number of hydrogen-bond acceptors (Lipinski definition) is 5. The summed E-state index contributed by atoms with van der Waals surface area (Å²) < 4.78 is 32.7. The molecule has 0 saturated carbocycles. The number of nitrogens with zero attached hydrogens (tertiary/aromatic N) is 2. The van der Waals surface area contributed by atoms with Gasteiger partial charge in [0, 0.05) is 18.7 Å². The minimum atomic E-state index is -3.78. The fourth-order valence-electron chi connectivity index (χ4n) is 3.50. The normalized spacial score (nSPS) is 15.7. The summed E-state index contributed by atoms with van der Waals surface area (Å²) in [7, 11) is -3.78. The molecule has 1 aliphatic rings. The van der Waals surface area contributed by atoms with Crippen molar-refractivity contribution >= 4 is 15.7 Å². The molecule has 3 aromatic rings. The standard InChI is InChI=1S/C22H24N2O3S/c1-16-11-13-24(14-12-16)22-21(28(25,26)19-9-4-3-5-10-19)23-20(27-22)18-8-6-7-17(2)15-18/h3-10,15-16H,11-14H2,1-2H3. The Bertz CT molecular complexity index is 1070. The Balaban J connectivity index is 1.84. The zero-order chi connectivity index (χ0) is 19.7. The van der Waals surface area contributed by atoms with Gasteiger partial charge < -0.3 is 9.32 Å². The van der Waals surface area contributed by atoms with E-state index in [-0.39, 0.29) is 9.92 Å². The summed E-state index contributed by atoms with van der Waals surface area (Å²) in [5.74, 6) is 1.32. The number of hydrogen-bond donors (Lipinski definition) is 0. The van der Waals surface area contributed by atoms with Gasteiger partial charge in [-0.05, 0) is 49.9 Å². The van der Waals surface area contributed by atoms with Crippen molar-refractivity contribution in [3.8, 4) is 11.5 Å². The maximum Gasteiger partial charge on any atom is 0.236 e. The molecule has 2 aromatic carbocycles. The number of anilines is 1. The van der Waals surface area contributed by atoms with Gasteiger partial charge >= 0.3 is 0 Å². The van der Waals surface area contributed by atoms with Gasteiger partial charge in [-0.15, -0.1) is 0 Å². The number of sulfone groups is 1. The van der Waals surface area contributed by atoms with Crippen LogP contribution in [0, 0.1) is 12.8 Å². The van der Waals surface area contributed by atoms with E-state index in [4.69, 9.17) is 4.42 Å². The van der Waals surface area contributed by atoms with Gasteiger partial charge in [0.15, 0.2) is 0 Å². The van der Waals surface area contributed by atoms with Crippen LogP contribution in [0.15, 0.2) is 68.9 Å². The Kier molecular flexibility index (Phi) is 4.98. The third-order valence-electron chi connectivity index (χ3n) is 5.22. The van der Waals surface area contributed by atoms with Crippen LogP contribution in [-0.4, -0.2) is 26.5 Å². The molecular weight excluding hydrogens is 372 g/mol. The van der Waals surface area contributed by atoms with Crippen molar-refractivity contribution in [1.82, 2.24) is 4.98 Å². The molecule has 0 atom stereocenters. The maximum atomic E-state index is 13.3. The largest absolute Gasteiger partial charge is 0.419 e. The van der Waals surface area contributed by atoms with E-state index in [2.05, 4.69) is 11.9 Å². The van der Waals surface area contributed by atoms with Crippen molar-refractivity contribution in [2.24, 2.45) is 5.92 Å². The Morgan fingerprint density at radius 2 is 1.75 bits per heavy atom. The van der Waals surface area contributed by atoms with Crippen LogP contribution in [0.3, 0.4) is 0 Å². The third kappa shape index (κ3) is 3.56. The van der Waals surface area contributed by atoms with Crippen molar-refractivity contribution in [2.75, 3.05) is 18.0 Å². The molecule has 0 N–H and O–H groups in total. The highest BCUT2D eigenvalue weighted by molar-refractivity contribution is 7.91. The van der Waals surface area contributed by atoms with Crippen LogP contribution in [0.2, 0.25) is 0 Å². The lowest BCUT2D eigenvalue weighted by atomic mass is 9.99. The molecule has 0 unspecified atom stereocenters. The molecule has 0 spiro atoms. The van der Waals surface area contributed by atoms with Crippen molar-refractivity contribution in [2.45, 2.75) is 36.6 Å². The molecule has 1 fully saturated rings. The molecule has 0 aliphatic carbocycles. The van der Waals surface area contributed by atoms with Crippen molar-refractivity contribution < 1.29 is 12.8 Å².